The lowest BCUT2D eigenvalue weighted by Gasteiger charge is -2.44. The third-order valence-corrected chi connectivity index (χ3v) is 6.38. The highest BCUT2D eigenvalue weighted by Crippen LogP contribution is 2.27. The zero-order chi connectivity index (χ0) is 16.9. The standard InChI is InChI=1S/C22H36N2/c1-4-19-9-10-20(18(3)16-19)17-23-14-11-22(12-15-23)24-13-7-6-8-21(24)5-2/h9-10,16,21-22H,4-8,11-15,17H2,1-3H3. The van der Waals surface area contributed by atoms with E-state index in [2.05, 4.69) is 48.8 Å². The molecule has 0 radical (unpaired) electrons. The van der Waals surface area contributed by atoms with Crippen molar-refractivity contribution in [3.8, 4) is 0 Å². The second-order valence-corrected chi connectivity index (χ2v) is 7.92. The highest BCUT2D eigenvalue weighted by molar-refractivity contribution is 5.31. The van der Waals surface area contributed by atoms with Gasteiger partial charge in [0.1, 0.15) is 0 Å². The minimum Gasteiger partial charge on any atom is -0.299 e. The summed E-state index contributed by atoms with van der Waals surface area (Å²) in [6, 6.07) is 8.75. The van der Waals surface area contributed by atoms with Gasteiger partial charge in [-0.1, -0.05) is 38.5 Å². The van der Waals surface area contributed by atoms with Crippen LogP contribution in [0.5, 0.6) is 0 Å². The van der Waals surface area contributed by atoms with Gasteiger partial charge < -0.3 is 0 Å². The average Bonchev–Trinajstić information content (AvgIpc) is 2.64. The Hall–Kier alpha value is -0.860. The number of benzene rings is 1. The Labute approximate surface area is 149 Å². The Kier molecular flexibility index (Phi) is 6.35. The Morgan fingerprint density at radius 2 is 1.79 bits per heavy atom. The summed E-state index contributed by atoms with van der Waals surface area (Å²) in [7, 11) is 0. The van der Waals surface area contributed by atoms with Gasteiger partial charge >= 0.3 is 0 Å². The molecule has 2 heteroatoms. The van der Waals surface area contributed by atoms with E-state index in [0.29, 0.717) is 0 Å². The second-order valence-electron chi connectivity index (χ2n) is 7.92. The molecule has 0 aromatic heterocycles. The van der Waals surface area contributed by atoms with Crippen LogP contribution in [-0.2, 0) is 13.0 Å². The molecule has 0 N–H and O–H groups in total. The first-order valence-electron chi connectivity index (χ1n) is 10.3. The van der Waals surface area contributed by atoms with Gasteiger partial charge in [-0.3, -0.25) is 9.80 Å². The summed E-state index contributed by atoms with van der Waals surface area (Å²) in [4.78, 5) is 5.54. The smallest absolute Gasteiger partial charge is 0.0236 e. The van der Waals surface area contributed by atoms with Gasteiger partial charge in [-0.2, -0.15) is 0 Å². The lowest BCUT2D eigenvalue weighted by Crippen LogP contribution is -2.50. The molecule has 3 rings (SSSR count). The van der Waals surface area contributed by atoms with Gasteiger partial charge in [-0.25, -0.2) is 0 Å². The van der Waals surface area contributed by atoms with Crippen LogP contribution in [0.3, 0.4) is 0 Å². The molecule has 0 bridgehead atoms. The first-order valence-corrected chi connectivity index (χ1v) is 10.3. The maximum atomic E-state index is 2.86. The zero-order valence-corrected chi connectivity index (χ0v) is 16.1. The average molecular weight is 329 g/mol. The van der Waals surface area contributed by atoms with Gasteiger partial charge in [0.15, 0.2) is 0 Å². The molecule has 1 aromatic rings. The SMILES string of the molecule is CCc1ccc(CN2CCC(N3CCCCC3CC)CC2)c(C)c1. The van der Waals surface area contributed by atoms with E-state index in [9.17, 15) is 0 Å². The van der Waals surface area contributed by atoms with E-state index in [4.69, 9.17) is 0 Å². The summed E-state index contributed by atoms with van der Waals surface area (Å²) < 4.78 is 0. The second kappa shape index (κ2) is 8.49. The van der Waals surface area contributed by atoms with Gasteiger partial charge in [0.05, 0.1) is 0 Å². The number of hydrogen-bond donors (Lipinski definition) is 0. The van der Waals surface area contributed by atoms with Crippen molar-refractivity contribution in [2.45, 2.75) is 84.3 Å². The van der Waals surface area contributed by atoms with Crippen LogP contribution in [0.1, 0.15) is 69.1 Å². The van der Waals surface area contributed by atoms with Gasteiger partial charge in [0.2, 0.25) is 0 Å². The molecule has 1 atom stereocenters. The van der Waals surface area contributed by atoms with Crippen LogP contribution < -0.4 is 0 Å². The van der Waals surface area contributed by atoms with Crippen molar-refractivity contribution in [3.63, 3.8) is 0 Å². The molecule has 0 amide bonds. The lowest BCUT2D eigenvalue weighted by atomic mass is 9.93. The van der Waals surface area contributed by atoms with Gasteiger partial charge in [0.25, 0.3) is 0 Å². The molecule has 0 saturated carbocycles. The fourth-order valence-electron chi connectivity index (χ4n) is 4.75. The summed E-state index contributed by atoms with van der Waals surface area (Å²) >= 11 is 0. The number of rotatable bonds is 5. The molecule has 2 heterocycles. The van der Waals surface area contributed by atoms with Crippen LogP contribution in [-0.4, -0.2) is 41.5 Å². The van der Waals surface area contributed by atoms with Gasteiger partial charge in [-0.15, -0.1) is 0 Å². The van der Waals surface area contributed by atoms with Gasteiger partial charge in [-0.05, 0) is 81.8 Å². The molecule has 24 heavy (non-hydrogen) atoms. The quantitative estimate of drug-likeness (QED) is 0.767. The Balaban J connectivity index is 1.53. The summed E-state index contributed by atoms with van der Waals surface area (Å²) in [5, 5.41) is 0. The Morgan fingerprint density at radius 3 is 2.46 bits per heavy atom. The monoisotopic (exact) mass is 328 g/mol. The molecule has 2 aliphatic heterocycles. The van der Waals surface area contributed by atoms with Crippen LogP contribution in [0, 0.1) is 6.92 Å². The van der Waals surface area contributed by atoms with Crippen molar-refractivity contribution in [2.24, 2.45) is 0 Å². The minimum atomic E-state index is 0.843. The number of piperidine rings is 2. The fourth-order valence-corrected chi connectivity index (χ4v) is 4.75. The predicted octanol–water partition coefficient (Wildman–Crippen LogP) is 4.79. The van der Waals surface area contributed by atoms with Crippen LogP contribution in [0.2, 0.25) is 0 Å². The van der Waals surface area contributed by atoms with Crippen LogP contribution in [0.4, 0.5) is 0 Å². The first-order chi connectivity index (χ1) is 11.7. The van der Waals surface area contributed by atoms with Gasteiger partial charge in [0, 0.05) is 18.6 Å². The third-order valence-electron chi connectivity index (χ3n) is 6.38. The molecule has 2 aliphatic rings. The fraction of sp³-hybridized carbons (Fsp3) is 0.727. The Morgan fingerprint density at radius 1 is 1.00 bits per heavy atom. The predicted molar refractivity (Wildman–Crippen MR) is 103 cm³/mol. The first kappa shape index (κ1) is 17.9. The molecule has 2 fully saturated rings. The van der Waals surface area contributed by atoms with Crippen LogP contribution >= 0.6 is 0 Å². The van der Waals surface area contributed by atoms with E-state index in [0.717, 1.165) is 25.0 Å². The zero-order valence-electron chi connectivity index (χ0n) is 16.1. The molecule has 1 aromatic carbocycles. The number of hydrogen-bond acceptors (Lipinski definition) is 2. The molecule has 1 unspecified atom stereocenters. The molecular formula is C22H36N2. The lowest BCUT2D eigenvalue weighted by molar-refractivity contribution is 0.0469. The molecule has 0 aliphatic carbocycles. The van der Waals surface area contributed by atoms with E-state index in [1.54, 1.807) is 0 Å². The summed E-state index contributed by atoms with van der Waals surface area (Å²) in [6.45, 7) is 11.9. The molecule has 2 nitrogen and oxygen atoms in total. The van der Waals surface area contributed by atoms with E-state index in [1.807, 2.05) is 0 Å². The molecule has 2 saturated heterocycles. The number of nitrogens with zero attached hydrogens (tertiary/aromatic N) is 2. The van der Waals surface area contributed by atoms with Crippen LogP contribution in [0.25, 0.3) is 0 Å². The highest BCUT2D eigenvalue weighted by Gasteiger charge is 2.30. The normalized spacial score (nSPS) is 24.4. The largest absolute Gasteiger partial charge is 0.299 e. The van der Waals surface area contributed by atoms with E-state index < -0.39 is 0 Å². The Bertz CT molecular complexity index is 517. The van der Waals surface area contributed by atoms with E-state index in [1.165, 1.54) is 74.8 Å². The summed E-state index contributed by atoms with van der Waals surface area (Å²) in [5.41, 5.74) is 4.46. The van der Waals surface area contributed by atoms with Crippen molar-refractivity contribution in [2.75, 3.05) is 19.6 Å². The van der Waals surface area contributed by atoms with Crippen molar-refractivity contribution < 1.29 is 0 Å². The van der Waals surface area contributed by atoms with Crippen molar-refractivity contribution in [3.05, 3.63) is 34.9 Å². The maximum Gasteiger partial charge on any atom is 0.0236 e. The molecule has 0 spiro atoms. The highest BCUT2D eigenvalue weighted by atomic mass is 15.2. The van der Waals surface area contributed by atoms with E-state index >= 15 is 0 Å². The molecular weight excluding hydrogens is 292 g/mol. The summed E-state index contributed by atoms with van der Waals surface area (Å²) in [6.07, 6.45) is 9.50. The van der Waals surface area contributed by atoms with Crippen molar-refractivity contribution in [1.82, 2.24) is 9.80 Å². The number of likely N-dealkylation sites (tertiary alicyclic amines) is 2. The molecule has 134 valence electrons. The third kappa shape index (κ3) is 4.21. The van der Waals surface area contributed by atoms with Crippen molar-refractivity contribution >= 4 is 0 Å². The topological polar surface area (TPSA) is 6.48 Å². The van der Waals surface area contributed by atoms with Crippen molar-refractivity contribution in [1.29, 1.82) is 0 Å². The maximum absolute atomic E-state index is 2.86. The van der Waals surface area contributed by atoms with Crippen LogP contribution in [0.15, 0.2) is 18.2 Å². The number of aryl methyl sites for hydroxylation is 2. The van der Waals surface area contributed by atoms with E-state index in [-0.39, 0.29) is 0 Å². The summed E-state index contributed by atoms with van der Waals surface area (Å²) in [5.74, 6) is 0. The minimum absolute atomic E-state index is 0.843.